The van der Waals surface area contributed by atoms with Crippen LogP contribution in [0.3, 0.4) is 0 Å². The Hall–Kier alpha value is -0.970. The smallest absolute Gasteiger partial charge is 0.301 e. The number of carbonyl (C=O) groups is 2. The molecule has 0 aromatic carbocycles. The summed E-state index contributed by atoms with van der Waals surface area (Å²) >= 11 is 5.07. The van der Waals surface area contributed by atoms with Crippen LogP contribution < -0.4 is 5.32 Å². The number of carbonyl (C=O) groups excluding carboxylic acids is 2. The van der Waals surface area contributed by atoms with Crippen LogP contribution in [0.5, 0.6) is 0 Å². The first-order valence-corrected chi connectivity index (χ1v) is 5.04. The molecule has 1 aliphatic heterocycles. The summed E-state index contributed by atoms with van der Waals surface area (Å²) in [5.41, 5.74) is -0.683. The van der Waals surface area contributed by atoms with Gasteiger partial charge in [-0.2, -0.15) is 0 Å². The largest absolute Gasteiger partial charge is 0.328 e. The Morgan fingerprint density at radius 1 is 1.36 bits per heavy atom. The van der Waals surface area contributed by atoms with Crippen LogP contribution in [-0.4, -0.2) is 28.9 Å². The average Bonchev–Trinajstić information content (AvgIpc) is 2.17. The van der Waals surface area contributed by atoms with E-state index in [0.717, 1.165) is 4.90 Å². The van der Waals surface area contributed by atoms with E-state index in [1.165, 1.54) is 7.05 Å². The molecule has 4 nitrogen and oxygen atoms in total. The number of hydrogen-bond donors (Lipinski definition) is 1. The molecule has 0 radical (unpaired) electrons. The number of rotatable bonds is 2. The average molecular weight is 214 g/mol. The van der Waals surface area contributed by atoms with Gasteiger partial charge in [0.05, 0.1) is 10.4 Å². The van der Waals surface area contributed by atoms with Gasteiger partial charge in [0.1, 0.15) is 0 Å². The zero-order valence-electron chi connectivity index (χ0n) is 8.59. The van der Waals surface area contributed by atoms with Crippen LogP contribution in [0.15, 0.2) is 0 Å². The lowest BCUT2D eigenvalue weighted by Gasteiger charge is -2.38. The van der Waals surface area contributed by atoms with Crippen molar-refractivity contribution in [3.05, 3.63) is 0 Å². The molecule has 0 aromatic rings. The molecule has 1 heterocycles. The zero-order valence-corrected chi connectivity index (χ0v) is 9.40. The highest BCUT2D eigenvalue weighted by Gasteiger charge is 2.47. The third kappa shape index (κ3) is 1.32. The van der Waals surface area contributed by atoms with Gasteiger partial charge in [0.15, 0.2) is 0 Å². The maximum Gasteiger partial charge on any atom is 0.328 e. The van der Waals surface area contributed by atoms with Gasteiger partial charge < -0.3 is 5.32 Å². The molecule has 1 N–H and O–H groups in total. The molecule has 0 aliphatic carbocycles. The van der Waals surface area contributed by atoms with Crippen LogP contribution in [0.1, 0.15) is 26.7 Å². The lowest BCUT2D eigenvalue weighted by atomic mass is 9.79. The minimum Gasteiger partial charge on any atom is -0.301 e. The van der Waals surface area contributed by atoms with Crippen LogP contribution >= 0.6 is 12.2 Å². The summed E-state index contributed by atoms with van der Waals surface area (Å²) in [6.07, 6.45) is 1.23. The van der Waals surface area contributed by atoms with E-state index in [2.05, 4.69) is 5.32 Å². The Kier molecular flexibility index (Phi) is 2.89. The Morgan fingerprint density at radius 3 is 2.29 bits per heavy atom. The highest BCUT2D eigenvalue weighted by molar-refractivity contribution is 7.80. The molecule has 1 aliphatic rings. The number of urea groups is 1. The fourth-order valence-electron chi connectivity index (χ4n) is 1.68. The summed E-state index contributed by atoms with van der Waals surface area (Å²) in [5, 5.41) is 2.55. The predicted octanol–water partition coefficient (Wildman–Crippen LogP) is 1.30. The van der Waals surface area contributed by atoms with E-state index in [-0.39, 0.29) is 5.91 Å². The minimum atomic E-state index is -0.683. The zero-order chi connectivity index (χ0) is 10.9. The van der Waals surface area contributed by atoms with Gasteiger partial charge >= 0.3 is 6.03 Å². The first-order valence-electron chi connectivity index (χ1n) is 4.63. The molecule has 0 spiro atoms. The molecular formula is C9H14N2O2S. The summed E-state index contributed by atoms with van der Waals surface area (Å²) in [4.78, 5) is 24.6. The maximum absolute atomic E-state index is 11.9. The lowest BCUT2D eigenvalue weighted by Crippen LogP contribution is -2.61. The summed E-state index contributed by atoms with van der Waals surface area (Å²) in [7, 11) is 1.47. The van der Waals surface area contributed by atoms with Gasteiger partial charge in [-0.3, -0.25) is 9.69 Å². The first-order chi connectivity index (χ1) is 6.49. The van der Waals surface area contributed by atoms with Crippen LogP contribution in [-0.2, 0) is 4.79 Å². The third-order valence-corrected chi connectivity index (χ3v) is 3.37. The van der Waals surface area contributed by atoms with Gasteiger partial charge in [0.2, 0.25) is 5.91 Å². The molecule has 78 valence electrons. The van der Waals surface area contributed by atoms with E-state index in [4.69, 9.17) is 12.2 Å². The van der Waals surface area contributed by atoms with Crippen LogP contribution in [0.25, 0.3) is 0 Å². The molecular weight excluding hydrogens is 200 g/mol. The van der Waals surface area contributed by atoms with Crippen molar-refractivity contribution in [1.82, 2.24) is 10.2 Å². The lowest BCUT2D eigenvalue weighted by molar-refractivity contribution is -0.135. The van der Waals surface area contributed by atoms with Crippen molar-refractivity contribution >= 4 is 29.1 Å². The molecule has 1 fully saturated rings. The van der Waals surface area contributed by atoms with E-state index in [0.29, 0.717) is 17.8 Å². The van der Waals surface area contributed by atoms with Gasteiger partial charge in [-0.1, -0.05) is 26.1 Å². The number of imide groups is 1. The monoisotopic (exact) mass is 214 g/mol. The molecule has 5 heteroatoms. The molecule has 0 aromatic heterocycles. The van der Waals surface area contributed by atoms with Gasteiger partial charge in [-0.05, 0) is 12.8 Å². The predicted molar refractivity (Wildman–Crippen MR) is 56.9 cm³/mol. The van der Waals surface area contributed by atoms with Gasteiger partial charge in [-0.15, -0.1) is 0 Å². The second-order valence-electron chi connectivity index (χ2n) is 3.41. The van der Waals surface area contributed by atoms with Gasteiger partial charge in [0, 0.05) is 7.05 Å². The molecule has 1 rings (SSSR count). The minimum absolute atomic E-state index is 0.198. The summed E-state index contributed by atoms with van der Waals surface area (Å²) in [5.74, 6) is -0.198. The van der Waals surface area contributed by atoms with E-state index in [1.54, 1.807) is 0 Å². The first kappa shape index (κ1) is 11.1. The highest BCUT2D eigenvalue weighted by Crippen LogP contribution is 2.32. The maximum atomic E-state index is 11.9. The number of thiocarbonyl (C=S) groups is 1. The Bertz CT molecular complexity index is 297. The summed E-state index contributed by atoms with van der Waals surface area (Å²) in [6.45, 7) is 3.80. The number of nitrogens with zero attached hydrogens (tertiary/aromatic N) is 1. The fourth-order valence-corrected chi connectivity index (χ4v) is 2.15. The van der Waals surface area contributed by atoms with E-state index in [9.17, 15) is 9.59 Å². The van der Waals surface area contributed by atoms with Gasteiger partial charge in [0.25, 0.3) is 0 Å². The van der Waals surface area contributed by atoms with Crippen LogP contribution in [0.2, 0.25) is 0 Å². The van der Waals surface area contributed by atoms with Crippen LogP contribution in [0.4, 0.5) is 4.79 Å². The van der Waals surface area contributed by atoms with E-state index in [1.807, 2.05) is 13.8 Å². The van der Waals surface area contributed by atoms with Crippen LogP contribution in [0, 0.1) is 5.41 Å². The van der Waals surface area contributed by atoms with Crippen molar-refractivity contribution < 1.29 is 9.59 Å². The van der Waals surface area contributed by atoms with Crippen molar-refractivity contribution in [3.63, 3.8) is 0 Å². The topological polar surface area (TPSA) is 49.4 Å². The molecule has 3 amide bonds. The van der Waals surface area contributed by atoms with Crippen molar-refractivity contribution in [2.45, 2.75) is 26.7 Å². The van der Waals surface area contributed by atoms with Gasteiger partial charge in [-0.25, -0.2) is 4.79 Å². The van der Waals surface area contributed by atoms with Crippen molar-refractivity contribution in [2.24, 2.45) is 5.41 Å². The van der Waals surface area contributed by atoms with E-state index >= 15 is 0 Å². The normalized spacial score (nSPS) is 21.1. The van der Waals surface area contributed by atoms with Crippen molar-refractivity contribution in [2.75, 3.05) is 7.05 Å². The molecule has 1 saturated heterocycles. The molecule has 0 unspecified atom stereocenters. The number of hydrogen-bond acceptors (Lipinski definition) is 3. The standard InChI is InChI=1S/C9H14N2O2S/c1-4-9(5-2)6(14)10-8(13)11(3)7(9)12/h4-5H2,1-3H3,(H,10,13,14). The Labute approximate surface area is 88.6 Å². The third-order valence-electron chi connectivity index (χ3n) is 2.88. The number of amides is 3. The van der Waals surface area contributed by atoms with E-state index < -0.39 is 11.4 Å². The Morgan fingerprint density at radius 2 is 1.86 bits per heavy atom. The molecule has 0 saturated carbocycles. The van der Waals surface area contributed by atoms with Crippen molar-refractivity contribution in [3.8, 4) is 0 Å². The summed E-state index contributed by atoms with van der Waals surface area (Å²) in [6, 6.07) is -0.433. The quantitative estimate of drug-likeness (QED) is 0.705. The fraction of sp³-hybridized carbons (Fsp3) is 0.667. The second kappa shape index (κ2) is 3.65. The number of nitrogens with one attached hydrogen (secondary N) is 1. The highest BCUT2D eigenvalue weighted by atomic mass is 32.1. The summed E-state index contributed by atoms with van der Waals surface area (Å²) < 4.78 is 0. The molecule has 0 atom stereocenters. The molecule has 0 bridgehead atoms. The van der Waals surface area contributed by atoms with Crippen molar-refractivity contribution in [1.29, 1.82) is 0 Å². The second-order valence-corrected chi connectivity index (χ2v) is 3.82. The Balaban J connectivity index is 3.12. The SMILES string of the molecule is CCC1(CC)C(=O)N(C)C(=O)NC1=S. The molecule has 14 heavy (non-hydrogen) atoms.